The number of nitrogen functional groups attached to an aromatic ring is 1. The Balaban J connectivity index is 1.52. The number of para-hydroxylation sites is 1. The van der Waals surface area contributed by atoms with Crippen molar-refractivity contribution in [1.82, 2.24) is 24.8 Å². The molecule has 9 heteroatoms. The Bertz CT molecular complexity index is 1990. The lowest BCUT2D eigenvalue weighted by Crippen LogP contribution is -2.32. The predicted molar refractivity (Wildman–Crippen MR) is 159 cm³/mol. The van der Waals surface area contributed by atoms with Crippen LogP contribution >= 0.6 is 0 Å². The Morgan fingerprint density at radius 1 is 0.927 bits per heavy atom. The van der Waals surface area contributed by atoms with Gasteiger partial charge in [0.05, 0.1) is 24.1 Å². The lowest BCUT2D eigenvalue weighted by Gasteiger charge is -2.22. The Morgan fingerprint density at radius 3 is 2.54 bits per heavy atom. The minimum absolute atomic E-state index is 0.0808. The van der Waals surface area contributed by atoms with Gasteiger partial charge in [-0.2, -0.15) is 0 Å². The number of hydrogen-bond donors (Lipinski definition) is 2. The van der Waals surface area contributed by atoms with Crippen molar-refractivity contribution in [1.29, 1.82) is 0 Å². The number of aromatic nitrogens is 4. The van der Waals surface area contributed by atoms with Crippen LogP contribution in [-0.4, -0.2) is 32.5 Å². The minimum atomic E-state index is -0.581. The van der Waals surface area contributed by atoms with Crippen molar-refractivity contribution in [3.8, 4) is 22.7 Å². The summed E-state index contributed by atoms with van der Waals surface area (Å²) in [5.41, 5.74) is 9.40. The maximum Gasteiger partial charge on any atom is 0.263 e. The number of pyridine rings is 4. The van der Waals surface area contributed by atoms with Crippen molar-refractivity contribution in [2.45, 2.75) is 13.0 Å². The molecule has 4 heterocycles. The number of methoxy groups -OCH3 is 1. The molecular weight excluding hydrogens is 516 g/mol. The summed E-state index contributed by atoms with van der Waals surface area (Å²) >= 11 is 0. The van der Waals surface area contributed by atoms with E-state index in [0.29, 0.717) is 33.6 Å². The molecule has 41 heavy (non-hydrogen) atoms. The fourth-order valence-electron chi connectivity index (χ4n) is 5.10. The van der Waals surface area contributed by atoms with E-state index in [1.165, 1.54) is 0 Å². The Hall–Kier alpha value is -5.57. The number of nitrogens with two attached hydrogens (primary N) is 1. The van der Waals surface area contributed by atoms with E-state index in [-0.39, 0.29) is 16.9 Å². The van der Waals surface area contributed by atoms with E-state index in [2.05, 4.69) is 20.3 Å². The van der Waals surface area contributed by atoms with Crippen LogP contribution in [0.5, 0.6) is 5.88 Å². The van der Waals surface area contributed by atoms with Gasteiger partial charge < -0.3 is 15.8 Å². The van der Waals surface area contributed by atoms with E-state index in [9.17, 15) is 9.59 Å². The number of hydrogen-bond acceptors (Lipinski definition) is 7. The molecule has 4 aromatic heterocycles. The summed E-state index contributed by atoms with van der Waals surface area (Å²) in [5.74, 6) is 0.0985. The van der Waals surface area contributed by atoms with E-state index >= 15 is 0 Å². The van der Waals surface area contributed by atoms with E-state index in [4.69, 9.17) is 10.5 Å². The normalized spacial score (nSPS) is 11.9. The molecule has 6 aromatic rings. The van der Waals surface area contributed by atoms with Crippen molar-refractivity contribution in [2.24, 2.45) is 0 Å². The molecule has 0 aliphatic rings. The molecule has 3 N–H and O–H groups in total. The van der Waals surface area contributed by atoms with Gasteiger partial charge in [-0.15, -0.1) is 0 Å². The highest BCUT2D eigenvalue weighted by Crippen LogP contribution is 2.31. The van der Waals surface area contributed by atoms with E-state index in [1.807, 2.05) is 73.7 Å². The molecule has 0 bridgehead atoms. The number of anilines is 1. The fraction of sp³-hybridized carbons (Fsp3) is 0.0938. The molecule has 6 rings (SSSR count). The SMILES string of the molecule is COc1cc(-c2cccc3cc(C(C)NC(=O)c4c(N)ncc5cccnc45)n(-c4ccccc4)c(=O)c23)ccn1. The molecule has 0 aliphatic carbocycles. The second-order valence-corrected chi connectivity index (χ2v) is 9.56. The average molecular weight is 543 g/mol. The van der Waals surface area contributed by atoms with Gasteiger partial charge in [0.15, 0.2) is 0 Å². The van der Waals surface area contributed by atoms with Crippen molar-refractivity contribution in [3.63, 3.8) is 0 Å². The van der Waals surface area contributed by atoms with Crippen LogP contribution in [0.1, 0.15) is 29.0 Å². The van der Waals surface area contributed by atoms with E-state index in [0.717, 1.165) is 16.5 Å². The van der Waals surface area contributed by atoms with E-state index < -0.39 is 11.9 Å². The lowest BCUT2D eigenvalue weighted by molar-refractivity contribution is 0.0941. The van der Waals surface area contributed by atoms with Gasteiger partial charge in [0.2, 0.25) is 5.88 Å². The number of benzene rings is 2. The zero-order chi connectivity index (χ0) is 28.5. The smallest absolute Gasteiger partial charge is 0.263 e. The Labute approximate surface area is 235 Å². The van der Waals surface area contributed by atoms with Gasteiger partial charge in [-0.1, -0.05) is 36.4 Å². The first-order valence-corrected chi connectivity index (χ1v) is 13.0. The van der Waals surface area contributed by atoms with Crippen LogP contribution in [0.25, 0.3) is 38.5 Å². The van der Waals surface area contributed by atoms with Crippen LogP contribution in [0, 0.1) is 0 Å². The van der Waals surface area contributed by atoms with Crippen molar-refractivity contribution < 1.29 is 9.53 Å². The molecule has 1 atom stereocenters. The largest absolute Gasteiger partial charge is 0.481 e. The third kappa shape index (κ3) is 4.63. The van der Waals surface area contributed by atoms with E-state index in [1.54, 1.807) is 42.4 Å². The van der Waals surface area contributed by atoms with Crippen molar-refractivity contribution >= 4 is 33.4 Å². The molecule has 2 aromatic carbocycles. The Morgan fingerprint density at radius 2 is 1.73 bits per heavy atom. The number of rotatable bonds is 6. The zero-order valence-corrected chi connectivity index (χ0v) is 22.4. The summed E-state index contributed by atoms with van der Waals surface area (Å²) < 4.78 is 6.96. The number of ether oxygens (including phenoxy) is 1. The number of amides is 1. The summed E-state index contributed by atoms with van der Waals surface area (Å²) in [6.07, 6.45) is 4.84. The fourth-order valence-corrected chi connectivity index (χ4v) is 5.10. The monoisotopic (exact) mass is 542 g/mol. The number of carbonyl (C=O) groups excluding carboxylic acids is 1. The van der Waals surface area contributed by atoms with Crippen molar-refractivity contribution in [2.75, 3.05) is 12.8 Å². The highest BCUT2D eigenvalue weighted by molar-refractivity contribution is 6.09. The highest BCUT2D eigenvalue weighted by atomic mass is 16.5. The van der Waals surface area contributed by atoms with Gasteiger partial charge in [-0.05, 0) is 59.8 Å². The molecule has 0 fully saturated rings. The Kier molecular flexibility index (Phi) is 6.60. The van der Waals surface area contributed by atoms with Crippen LogP contribution in [0.2, 0.25) is 0 Å². The molecule has 1 amide bonds. The minimum Gasteiger partial charge on any atom is -0.481 e. The number of nitrogens with zero attached hydrogens (tertiary/aromatic N) is 4. The molecule has 0 aliphatic heterocycles. The van der Waals surface area contributed by atoms with Crippen LogP contribution in [0.15, 0.2) is 102 Å². The first kappa shape index (κ1) is 25.7. The molecule has 202 valence electrons. The van der Waals surface area contributed by atoms with Crippen LogP contribution in [0.4, 0.5) is 5.82 Å². The molecule has 0 spiro atoms. The molecule has 0 radical (unpaired) electrons. The maximum absolute atomic E-state index is 14.4. The molecule has 0 saturated heterocycles. The number of carbonyl (C=O) groups is 1. The average Bonchev–Trinajstić information content (AvgIpc) is 3.00. The zero-order valence-electron chi connectivity index (χ0n) is 22.4. The highest BCUT2D eigenvalue weighted by Gasteiger charge is 2.23. The van der Waals surface area contributed by atoms with Crippen LogP contribution in [0.3, 0.4) is 0 Å². The lowest BCUT2D eigenvalue weighted by atomic mass is 9.98. The van der Waals surface area contributed by atoms with Crippen molar-refractivity contribution in [3.05, 3.63) is 119 Å². The van der Waals surface area contributed by atoms with Gasteiger partial charge in [0.25, 0.3) is 11.5 Å². The van der Waals surface area contributed by atoms with Gasteiger partial charge in [-0.3, -0.25) is 19.1 Å². The summed E-state index contributed by atoms with van der Waals surface area (Å²) in [5, 5.41) is 5.00. The molecule has 0 saturated carbocycles. The topological polar surface area (TPSA) is 125 Å². The van der Waals surface area contributed by atoms with Gasteiger partial charge in [-0.25, -0.2) is 9.97 Å². The number of nitrogens with one attached hydrogen (secondary N) is 1. The molecular formula is C32H26N6O3. The summed E-state index contributed by atoms with van der Waals surface area (Å²) in [7, 11) is 1.55. The molecule has 9 nitrogen and oxygen atoms in total. The summed E-state index contributed by atoms with van der Waals surface area (Å²) in [4.78, 5) is 40.7. The van der Waals surface area contributed by atoms with Gasteiger partial charge in [0.1, 0.15) is 11.4 Å². The first-order valence-electron chi connectivity index (χ1n) is 13.0. The maximum atomic E-state index is 14.4. The van der Waals surface area contributed by atoms with Crippen LogP contribution in [-0.2, 0) is 0 Å². The second-order valence-electron chi connectivity index (χ2n) is 9.56. The third-order valence-electron chi connectivity index (χ3n) is 7.04. The van der Waals surface area contributed by atoms with Crippen LogP contribution < -0.4 is 21.3 Å². The van der Waals surface area contributed by atoms with Gasteiger partial charge >= 0.3 is 0 Å². The standard InChI is InChI=1S/C32H26N6O3/c1-19(37-31(39)28-29-22(9-7-14-35-29)18-36-30(28)33)25-16-21-8-6-12-24(20-13-15-34-26(17-20)41-2)27(21)32(40)38(25)23-10-4-3-5-11-23/h3-19H,1-2H3,(H2,33,36)(H,37,39). The number of fused-ring (bicyclic) bond motifs is 2. The first-order chi connectivity index (χ1) is 20.0. The molecule has 1 unspecified atom stereocenters. The second kappa shape index (κ2) is 10.5. The van der Waals surface area contributed by atoms with Gasteiger partial charge in [0, 0.05) is 41.4 Å². The quantitative estimate of drug-likeness (QED) is 0.301. The third-order valence-corrected chi connectivity index (χ3v) is 7.04. The summed E-state index contributed by atoms with van der Waals surface area (Å²) in [6.45, 7) is 1.83. The predicted octanol–water partition coefficient (Wildman–Crippen LogP) is 5.08. The summed E-state index contributed by atoms with van der Waals surface area (Å²) in [6, 6.07) is 23.6.